The molecule has 0 spiro atoms. The van der Waals surface area contributed by atoms with E-state index < -0.39 is 156 Å². The van der Waals surface area contributed by atoms with Gasteiger partial charge in [0.05, 0.1) is 13.2 Å². The van der Waals surface area contributed by atoms with Gasteiger partial charge < -0.3 is 89.1 Å². The second kappa shape index (κ2) is 53.1. The van der Waals surface area contributed by atoms with E-state index in [-0.39, 0.29) is 19.3 Å². The minimum absolute atomic E-state index is 0.00613. The lowest BCUT2D eigenvalue weighted by atomic mass is 9.84. The summed E-state index contributed by atoms with van der Waals surface area (Å²) in [6, 6.07) is 0. The first-order valence-corrected chi connectivity index (χ1v) is 38.3. The molecule has 2 heterocycles. The maximum absolute atomic E-state index is 14.3. The van der Waals surface area contributed by atoms with Gasteiger partial charge in [-0.05, 0) is 96.3 Å². The molecule has 1 saturated carbocycles. The van der Waals surface area contributed by atoms with Crippen LogP contribution in [0.2, 0.25) is 0 Å². The molecule has 3 aliphatic rings. The molecule has 11 N–H and O–H groups in total. The number of allylic oxidation sites excluding steroid dienone is 6. The molecule has 0 aromatic heterocycles. The third kappa shape index (κ3) is 36.2. The molecule has 96 heavy (non-hydrogen) atoms. The van der Waals surface area contributed by atoms with E-state index in [1.54, 1.807) is 0 Å². The molecule has 560 valence electrons. The Morgan fingerprint density at radius 1 is 0.396 bits per heavy atom. The first kappa shape index (κ1) is 87.4. The van der Waals surface area contributed by atoms with Crippen LogP contribution in [0.5, 0.6) is 0 Å². The molecule has 2 saturated heterocycles. The van der Waals surface area contributed by atoms with Crippen molar-refractivity contribution >= 4 is 25.7 Å². The average molecular weight is 1400 g/mol. The van der Waals surface area contributed by atoms with Gasteiger partial charge in [0, 0.05) is 19.3 Å². The number of ether oxygens (including phenoxy) is 7. The summed E-state index contributed by atoms with van der Waals surface area (Å²) in [5, 5.41) is 110. The Labute approximate surface area is 572 Å². The monoisotopic (exact) mass is 1390 g/mol. The van der Waals surface area contributed by atoms with E-state index in [2.05, 4.69) is 57.2 Å². The summed E-state index contributed by atoms with van der Waals surface area (Å²) in [6.45, 7) is 3.37. The number of phosphoric ester groups is 1. The van der Waals surface area contributed by atoms with Gasteiger partial charge in [-0.25, -0.2) is 4.57 Å². The largest absolute Gasteiger partial charge is 0.472 e. The topological polar surface area (TPSA) is 374 Å². The molecule has 24 nitrogen and oxygen atoms in total. The summed E-state index contributed by atoms with van der Waals surface area (Å²) >= 11 is 0. The smallest absolute Gasteiger partial charge is 0.463 e. The van der Waals surface area contributed by atoms with Crippen molar-refractivity contribution < 1.29 is 117 Å². The van der Waals surface area contributed by atoms with Crippen LogP contribution in [0.4, 0.5) is 0 Å². The molecule has 0 bridgehead atoms. The van der Waals surface area contributed by atoms with Crippen LogP contribution in [0, 0.1) is 0 Å². The van der Waals surface area contributed by atoms with Gasteiger partial charge in [0.1, 0.15) is 98.7 Å². The lowest BCUT2D eigenvalue weighted by Crippen LogP contribution is -2.69. The second-order valence-corrected chi connectivity index (χ2v) is 27.7. The van der Waals surface area contributed by atoms with Crippen molar-refractivity contribution in [2.45, 2.75) is 369 Å². The maximum Gasteiger partial charge on any atom is 0.472 e. The fourth-order valence-electron chi connectivity index (χ4n) is 11.8. The number of aliphatic hydroxyl groups excluding tert-OH is 10. The molecule has 18 atom stereocenters. The van der Waals surface area contributed by atoms with E-state index in [9.17, 15) is 74.9 Å². The number of hydrogen-bond acceptors (Lipinski definition) is 23. The number of carbonyl (C=O) groups excluding carboxylic acids is 3. The van der Waals surface area contributed by atoms with E-state index >= 15 is 0 Å². The van der Waals surface area contributed by atoms with Gasteiger partial charge in [0.25, 0.3) is 0 Å². The Kier molecular flexibility index (Phi) is 48.3. The van der Waals surface area contributed by atoms with Crippen LogP contribution >= 0.6 is 7.82 Å². The van der Waals surface area contributed by atoms with Crippen LogP contribution in [0.3, 0.4) is 0 Å². The molecule has 25 heteroatoms. The van der Waals surface area contributed by atoms with Crippen molar-refractivity contribution in [3.8, 4) is 0 Å². The Morgan fingerprint density at radius 2 is 0.729 bits per heavy atom. The summed E-state index contributed by atoms with van der Waals surface area (Å²) < 4.78 is 64.9. The number of rotatable bonds is 56. The predicted octanol–water partition coefficient (Wildman–Crippen LogP) is 9.51. The van der Waals surface area contributed by atoms with Gasteiger partial charge in [-0.1, -0.05) is 186 Å². The molecule has 18 unspecified atom stereocenters. The van der Waals surface area contributed by atoms with Gasteiger partial charge in [0.15, 0.2) is 18.7 Å². The minimum atomic E-state index is -5.70. The summed E-state index contributed by atoms with van der Waals surface area (Å²) in [6.07, 6.45) is 13.8. The van der Waals surface area contributed by atoms with Gasteiger partial charge in [0.2, 0.25) is 0 Å². The van der Waals surface area contributed by atoms with Crippen LogP contribution in [0.15, 0.2) is 36.5 Å². The third-order valence-corrected chi connectivity index (χ3v) is 18.8. The second-order valence-electron chi connectivity index (χ2n) is 26.3. The predicted molar refractivity (Wildman–Crippen MR) is 361 cm³/mol. The normalized spacial score (nSPS) is 28.1. The highest BCUT2D eigenvalue weighted by atomic mass is 31.2. The summed E-state index contributed by atoms with van der Waals surface area (Å²) in [7, 11) is -5.70. The van der Waals surface area contributed by atoms with Crippen molar-refractivity contribution in [3.63, 3.8) is 0 Å². The Bertz CT molecular complexity index is 2140. The SMILES string of the molecule is CCCCCCCC/C=C\CCCCCC(=O)OC(COC(=O)CCCCC/C=C\CCCCCCCCC)COP(=O)(O)OC1C(OC2OC(CO)C(O)C(O)C2O)C(O)C(O)C(O)C1OC1OC(COC(=O)CCCCC/C=C\CCCCCCCCC)C(O)C(O)C1O. The zero-order chi connectivity index (χ0) is 70.4. The molecular weight excluding hydrogens is 1270 g/mol. The molecule has 3 rings (SSSR count). The van der Waals surface area contributed by atoms with Crippen LogP contribution in [0.1, 0.15) is 265 Å². The zero-order valence-corrected chi connectivity index (χ0v) is 59.0. The molecule has 0 aromatic carbocycles. The number of unbranched alkanes of at least 4 members (excludes halogenated alkanes) is 29. The van der Waals surface area contributed by atoms with Crippen LogP contribution in [-0.2, 0) is 61.2 Å². The number of carbonyl (C=O) groups is 3. The quantitative estimate of drug-likeness (QED) is 0.00887. The van der Waals surface area contributed by atoms with E-state index in [0.717, 1.165) is 89.9 Å². The molecule has 0 aromatic rings. The minimum Gasteiger partial charge on any atom is -0.463 e. The van der Waals surface area contributed by atoms with Gasteiger partial charge in [-0.3, -0.25) is 23.4 Å². The lowest BCUT2D eigenvalue weighted by molar-refractivity contribution is -0.360. The van der Waals surface area contributed by atoms with Crippen LogP contribution in [-0.4, -0.2) is 204 Å². The van der Waals surface area contributed by atoms with E-state index in [4.69, 9.17) is 42.2 Å². The molecule has 0 radical (unpaired) electrons. The number of esters is 3. The van der Waals surface area contributed by atoms with Crippen molar-refractivity contribution in [3.05, 3.63) is 36.5 Å². The van der Waals surface area contributed by atoms with Crippen molar-refractivity contribution in [1.82, 2.24) is 0 Å². The third-order valence-electron chi connectivity index (χ3n) is 17.9. The fourth-order valence-corrected chi connectivity index (χ4v) is 12.8. The van der Waals surface area contributed by atoms with Crippen LogP contribution < -0.4 is 0 Å². The summed E-state index contributed by atoms with van der Waals surface area (Å²) in [5.41, 5.74) is 0. The summed E-state index contributed by atoms with van der Waals surface area (Å²) in [5.74, 6) is -2.05. The van der Waals surface area contributed by atoms with Crippen LogP contribution in [0.25, 0.3) is 0 Å². The standard InChI is InChI=1S/C71H127O24P/c1-4-7-10-13-16-19-22-25-28-30-33-36-39-42-45-55(73)87-49-52(90-57(75)47-44-41-38-35-32-27-24-21-18-15-12-9-6-3)50-89-96(85,86)95-69-67(93-70-65(83)60(78)58(76)53(48-72)91-70)63(81)62(80)64(82)68(69)94-71-66(84)61(79)59(77)54(92-71)51-88-56(74)46-43-40-37-34-31-29-26-23-20-17-14-11-8-5-2/h27-32,52-54,58-72,76-84H,4-26,33-51H2,1-3H3,(H,85,86)/b30-28-,31-29-,32-27-. The molecule has 1 aliphatic carbocycles. The number of aliphatic hydroxyl groups is 10. The van der Waals surface area contributed by atoms with E-state index in [0.29, 0.717) is 25.7 Å². The van der Waals surface area contributed by atoms with E-state index in [1.165, 1.54) is 109 Å². The maximum atomic E-state index is 14.3. The van der Waals surface area contributed by atoms with Gasteiger partial charge in [-0.15, -0.1) is 0 Å². The summed E-state index contributed by atoms with van der Waals surface area (Å²) in [4.78, 5) is 50.9. The molecule has 3 fully saturated rings. The first-order chi connectivity index (χ1) is 46.3. The zero-order valence-electron chi connectivity index (χ0n) is 58.2. The number of phosphoric acid groups is 1. The van der Waals surface area contributed by atoms with Crippen molar-refractivity contribution in [2.24, 2.45) is 0 Å². The Hall–Kier alpha value is -2.82. The van der Waals surface area contributed by atoms with Gasteiger partial charge in [-0.2, -0.15) is 0 Å². The van der Waals surface area contributed by atoms with Crippen molar-refractivity contribution in [1.29, 1.82) is 0 Å². The fraction of sp³-hybridized carbons (Fsp3) is 0.873. The van der Waals surface area contributed by atoms with Gasteiger partial charge >= 0.3 is 25.7 Å². The Morgan fingerprint density at radius 3 is 1.12 bits per heavy atom. The lowest BCUT2D eigenvalue weighted by Gasteiger charge is -2.49. The first-order valence-electron chi connectivity index (χ1n) is 36.8. The number of hydrogen-bond donors (Lipinski definition) is 11. The van der Waals surface area contributed by atoms with E-state index in [1.807, 2.05) is 0 Å². The Balaban J connectivity index is 1.76. The highest BCUT2D eigenvalue weighted by Gasteiger charge is 2.58. The average Bonchev–Trinajstić information content (AvgIpc) is 0.778. The molecule has 2 aliphatic heterocycles. The molecule has 0 amide bonds. The highest BCUT2D eigenvalue weighted by Crippen LogP contribution is 2.49. The molecular formula is C71H127O24P. The highest BCUT2D eigenvalue weighted by molar-refractivity contribution is 7.47. The van der Waals surface area contributed by atoms with Crippen molar-refractivity contribution in [2.75, 3.05) is 26.4 Å².